The number of benzene rings is 1. The van der Waals surface area contributed by atoms with Gasteiger partial charge in [0, 0.05) is 12.1 Å². The maximum Gasteiger partial charge on any atom is 0.407 e. The van der Waals surface area contributed by atoms with Crippen LogP contribution in [0, 0.1) is 0 Å². The zero-order valence-electron chi connectivity index (χ0n) is 14.1. The van der Waals surface area contributed by atoms with Gasteiger partial charge in [0.25, 0.3) is 0 Å². The molecule has 8 nitrogen and oxygen atoms in total. The first-order valence-corrected chi connectivity index (χ1v) is 7.28. The van der Waals surface area contributed by atoms with Crippen LogP contribution in [0.1, 0.15) is 42.8 Å². The monoisotopic (exact) mass is 341 g/mol. The Hall–Kier alpha value is -2.32. The third-order valence-electron chi connectivity index (χ3n) is 3.05. The van der Waals surface area contributed by atoms with E-state index in [0.29, 0.717) is 6.29 Å². The van der Waals surface area contributed by atoms with Crippen LogP contribution in [-0.4, -0.2) is 53.1 Å². The van der Waals surface area contributed by atoms with E-state index in [4.69, 9.17) is 9.47 Å². The van der Waals surface area contributed by atoms with Gasteiger partial charge in [-0.2, -0.15) is 0 Å². The minimum atomic E-state index is -1.48. The number of aliphatic hydroxyl groups excluding tert-OH is 2. The van der Waals surface area contributed by atoms with Gasteiger partial charge in [0.15, 0.2) is 17.8 Å². The first kappa shape index (κ1) is 19.7. The van der Waals surface area contributed by atoms with E-state index in [0.717, 1.165) is 6.07 Å². The number of hydrogen-bond donors (Lipinski definition) is 4. The van der Waals surface area contributed by atoms with E-state index in [2.05, 4.69) is 5.32 Å². The highest BCUT2D eigenvalue weighted by Gasteiger charge is 2.24. The van der Waals surface area contributed by atoms with Crippen LogP contribution in [0.25, 0.3) is 0 Å². The number of methoxy groups -OCH3 is 1. The Morgan fingerprint density at radius 3 is 2.46 bits per heavy atom. The van der Waals surface area contributed by atoms with E-state index in [1.807, 2.05) is 0 Å². The zero-order valence-corrected chi connectivity index (χ0v) is 14.1. The summed E-state index contributed by atoms with van der Waals surface area (Å²) in [6, 6.07) is 2.37. The number of rotatable bonds is 6. The SMILES string of the molecule is COc1cc(C(O)C(O)CNC(=O)OC(C)(C)C)c(C=O)cc1O. The number of amides is 1. The van der Waals surface area contributed by atoms with Crippen molar-refractivity contribution in [1.82, 2.24) is 5.32 Å². The number of carbonyl (C=O) groups is 2. The summed E-state index contributed by atoms with van der Waals surface area (Å²) in [5.41, 5.74) is -0.627. The Morgan fingerprint density at radius 2 is 1.96 bits per heavy atom. The van der Waals surface area contributed by atoms with Gasteiger partial charge in [-0.1, -0.05) is 0 Å². The summed E-state index contributed by atoms with van der Waals surface area (Å²) >= 11 is 0. The molecule has 0 aliphatic heterocycles. The molecule has 4 N–H and O–H groups in total. The van der Waals surface area contributed by atoms with Crippen LogP contribution >= 0.6 is 0 Å². The summed E-state index contributed by atoms with van der Waals surface area (Å²) in [4.78, 5) is 22.6. The fourth-order valence-electron chi connectivity index (χ4n) is 1.94. The first-order chi connectivity index (χ1) is 11.1. The average Bonchev–Trinajstić information content (AvgIpc) is 2.49. The summed E-state index contributed by atoms with van der Waals surface area (Å²) in [6.45, 7) is 4.78. The largest absolute Gasteiger partial charge is 0.504 e. The number of ether oxygens (including phenoxy) is 2. The Labute approximate surface area is 140 Å². The van der Waals surface area contributed by atoms with Crippen molar-refractivity contribution in [1.29, 1.82) is 0 Å². The van der Waals surface area contributed by atoms with Crippen LogP contribution < -0.4 is 10.1 Å². The summed E-state index contributed by atoms with van der Waals surface area (Å²) in [5.74, 6) is -0.223. The van der Waals surface area contributed by atoms with Crippen molar-refractivity contribution in [2.24, 2.45) is 0 Å². The van der Waals surface area contributed by atoms with Crippen molar-refractivity contribution in [3.05, 3.63) is 23.3 Å². The van der Waals surface area contributed by atoms with Gasteiger partial charge < -0.3 is 30.1 Å². The molecule has 0 aromatic heterocycles. The quantitative estimate of drug-likeness (QED) is 0.572. The Kier molecular flexibility index (Phi) is 6.56. The molecule has 0 saturated heterocycles. The van der Waals surface area contributed by atoms with Gasteiger partial charge >= 0.3 is 6.09 Å². The van der Waals surface area contributed by atoms with Crippen molar-refractivity contribution in [3.8, 4) is 11.5 Å². The standard InChI is InChI=1S/C16H23NO7/c1-16(2,3)24-15(22)17-7-12(20)14(21)10-6-13(23-4)11(19)5-9(10)8-18/h5-6,8,12,14,19-21H,7H2,1-4H3,(H,17,22). The van der Waals surface area contributed by atoms with E-state index >= 15 is 0 Å². The summed E-state index contributed by atoms with van der Waals surface area (Å²) in [7, 11) is 1.31. The van der Waals surface area contributed by atoms with E-state index in [9.17, 15) is 24.9 Å². The molecular formula is C16H23NO7. The topological polar surface area (TPSA) is 125 Å². The number of nitrogens with one attached hydrogen (secondary N) is 1. The predicted molar refractivity (Wildman–Crippen MR) is 85.2 cm³/mol. The highest BCUT2D eigenvalue weighted by Crippen LogP contribution is 2.32. The molecule has 134 valence electrons. The lowest BCUT2D eigenvalue weighted by Gasteiger charge is -2.23. The molecule has 0 spiro atoms. The third kappa shape index (κ3) is 5.39. The zero-order chi connectivity index (χ0) is 18.5. The summed E-state index contributed by atoms with van der Waals surface area (Å²) in [5, 5.41) is 32.2. The van der Waals surface area contributed by atoms with Gasteiger partial charge in [0.05, 0.1) is 7.11 Å². The van der Waals surface area contributed by atoms with Crippen molar-refractivity contribution in [2.75, 3.05) is 13.7 Å². The molecule has 2 unspecified atom stereocenters. The van der Waals surface area contributed by atoms with Gasteiger partial charge in [0.2, 0.25) is 0 Å². The predicted octanol–water partition coefficient (Wildman–Crippen LogP) is 1.13. The van der Waals surface area contributed by atoms with Crippen LogP contribution in [0.15, 0.2) is 12.1 Å². The van der Waals surface area contributed by atoms with Crippen LogP contribution in [-0.2, 0) is 4.74 Å². The molecule has 0 fully saturated rings. The number of carbonyl (C=O) groups excluding carboxylic acids is 2. The number of phenolic OH excluding ortho intramolecular Hbond substituents is 1. The second-order valence-electron chi connectivity index (χ2n) is 6.17. The second-order valence-corrected chi connectivity index (χ2v) is 6.17. The first-order valence-electron chi connectivity index (χ1n) is 7.28. The molecule has 0 heterocycles. The molecule has 0 radical (unpaired) electrons. The lowest BCUT2D eigenvalue weighted by Crippen LogP contribution is -2.39. The highest BCUT2D eigenvalue weighted by atomic mass is 16.6. The molecule has 0 bridgehead atoms. The Balaban J connectivity index is 2.84. The maximum atomic E-state index is 11.6. The van der Waals surface area contributed by atoms with Crippen LogP contribution in [0.4, 0.5) is 4.79 Å². The average molecular weight is 341 g/mol. The lowest BCUT2D eigenvalue weighted by atomic mass is 9.98. The third-order valence-corrected chi connectivity index (χ3v) is 3.05. The van der Waals surface area contributed by atoms with Gasteiger partial charge in [-0.05, 0) is 38.5 Å². The Bertz CT molecular complexity index is 595. The molecule has 0 saturated carbocycles. The fourth-order valence-corrected chi connectivity index (χ4v) is 1.94. The maximum absolute atomic E-state index is 11.6. The second kappa shape index (κ2) is 7.98. The number of aliphatic hydroxyl groups is 2. The minimum absolute atomic E-state index is 0.00267. The lowest BCUT2D eigenvalue weighted by molar-refractivity contribution is 0.0125. The molecular weight excluding hydrogens is 318 g/mol. The molecule has 1 aromatic carbocycles. The molecule has 24 heavy (non-hydrogen) atoms. The van der Waals surface area contributed by atoms with Gasteiger partial charge in [-0.25, -0.2) is 4.79 Å². The molecule has 0 aliphatic rings. The number of aromatic hydroxyl groups is 1. The highest BCUT2D eigenvalue weighted by molar-refractivity contribution is 5.79. The van der Waals surface area contributed by atoms with Crippen molar-refractivity contribution in [3.63, 3.8) is 0 Å². The van der Waals surface area contributed by atoms with Crippen molar-refractivity contribution in [2.45, 2.75) is 38.6 Å². The van der Waals surface area contributed by atoms with Gasteiger partial charge in [-0.15, -0.1) is 0 Å². The number of alkyl carbamates (subject to hydrolysis) is 1. The molecule has 1 rings (SSSR count). The number of aldehydes is 1. The van der Waals surface area contributed by atoms with E-state index in [-0.39, 0.29) is 29.2 Å². The molecule has 1 aromatic rings. The van der Waals surface area contributed by atoms with Crippen LogP contribution in [0.2, 0.25) is 0 Å². The molecule has 8 heteroatoms. The fraction of sp³-hybridized carbons (Fsp3) is 0.500. The molecule has 2 atom stereocenters. The summed E-state index contributed by atoms with van der Waals surface area (Å²) < 4.78 is 9.94. The smallest absolute Gasteiger partial charge is 0.407 e. The van der Waals surface area contributed by atoms with Gasteiger partial charge in [-0.3, -0.25) is 4.79 Å². The van der Waals surface area contributed by atoms with Crippen molar-refractivity contribution < 1.29 is 34.4 Å². The minimum Gasteiger partial charge on any atom is -0.504 e. The summed E-state index contributed by atoms with van der Waals surface area (Å²) in [6.07, 6.45) is -3.18. The number of hydrogen-bond acceptors (Lipinski definition) is 7. The molecule has 0 aliphatic carbocycles. The van der Waals surface area contributed by atoms with Crippen LogP contribution in [0.3, 0.4) is 0 Å². The van der Waals surface area contributed by atoms with Crippen molar-refractivity contribution >= 4 is 12.4 Å². The van der Waals surface area contributed by atoms with E-state index < -0.39 is 23.9 Å². The van der Waals surface area contributed by atoms with Gasteiger partial charge in [0.1, 0.15) is 17.8 Å². The normalized spacial score (nSPS) is 13.8. The Morgan fingerprint density at radius 1 is 1.33 bits per heavy atom. The van der Waals surface area contributed by atoms with E-state index in [1.54, 1.807) is 20.8 Å². The number of phenols is 1. The van der Waals surface area contributed by atoms with E-state index in [1.165, 1.54) is 13.2 Å². The van der Waals surface area contributed by atoms with Crippen LogP contribution in [0.5, 0.6) is 11.5 Å². The molecule has 1 amide bonds.